The molecule has 0 bridgehead atoms. The molecule has 1 N–H and O–H groups in total. The highest BCUT2D eigenvalue weighted by molar-refractivity contribution is 9.06. The van der Waals surface area contributed by atoms with Crippen molar-refractivity contribution in [2.24, 2.45) is 0 Å². The molecule has 0 amide bonds. The molecule has 0 aromatic carbocycles. The van der Waals surface area contributed by atoms with Crippen molar-refractivity contribution in [2.45, 2.75) is 6.92 Å². The van der Waals surface area contributed by atoms with Crippen LogP contribution in [0.1, 0.15) is 6.92 Å². The molecule has 0 fully saturated rings. The van der Waals surface area contributed by atoms with E-state index in [1.165, 1.54) is 0 Å². The highest BCUT2D eigenvalue weighted by atomic mass is 79.9. The summed E-state index contributed by atoms with van der Waals surface area (Å²) in [6, 6.07) is 0. The summed E-state index contributed by atoms with van der Waals surface area (Å²) in [5, 5.41) is 7.45. The van der Waals surface area contributed by atoms with Crippen molar-refractivity contribution in [1.29, 1.82) is 0 Å². The number of allylic oxidation sites excluding steroid dienone is 1. The molecule has 0 radical (unpaired) electrons. The summed E-state index contributed by atoms with van der Waals surface area (Å²) < 4.78 is 3.48. The van der Waals surface area contributed by atoms with Crippen LogP contribution in [-0.2, 0) is 3.83 Å². The van der Waals surface area contributed by atoms with E-state index in [1.54, 1.807) is 6.08 Å². The van der Waals surface area contributed by atoms with Gasteiger partial charge in [0.05, 0.1) is 0 Å². The SMILES string of the molecule is C=CC.O=C(O)OBr. The third-order valence-electron chi connectivity index (χ3n) is 0.0660. The summed E-state index contributed by atoms with van der Waals surface area (Å²) in [6.45, 7) is 5.25. The minimum Gasteiger partial charge on any atom is -0.449 e. The highest BCUT2D eigenvalue weighted by Crippen LogP contribution is 1.80. The second-order valence-electron chi connectivity index (χ2n) is 0.751. The normalized spacial score (nSPS) is 5.75. The van der Waals surface area contributed by atoms with Gasteiger partial charge >= 0.3 is 6.16 Å². The zero-order chi connectivity index (χ0) is 6.99. The third kappa shape index (κ3) is 49.9. The summed E-state index contributed by atoms with van der Waals surface area (Å²) in [5.41, 5.74) is 0. The molecular weight excluding hydrogens is 176 g/mol. The van der Waals surface area contributed by atoms with Crippen molar-refractivity contribution in [3.05, 3.63) is 12.7 Å². The monoisotopic (exact) mass is 182 g/mol. The van der Waals surface area contributed by atoms with Crippen LogP contribution >= 0.6 is 16.3 Å². The van der Waals surface area contributed by atoms with Crippen LogP contribution < -0.4 is 0 Å². The molecular formula is C4H7BrO3. The molecule has 0 atom stereocenters. The van der Waals surface area contributed by atoms with Gasteiger partial charge in [-0.1, -0.05) is 6.08 Å². The molecule has 0 unspecified atom stereocenters. The van der Waals surface area contributed by atoms with Crippen LogP contribution in [0.3, 0.4) is 0 Å². The quantitative estimate of drug-likeness (QED) is 0.585. The first kappa shape index (κ1) is 10.5. The number of carboxylic acid groups (broad SMARTS) is 1. The van der Waals surface area contributed by atoms with E-state index >= 15 is 0 Å². The van der Waals surface area contributed by atoms with E-state index in [-0.39, 0.29) is 0 Å². The van der Waals surface area contributed by atoms with Crippen molar-refractivity contribution < 1.29 is 13.7 Å². The van der Waals surface area contributed by atoms with Gasteiger partial charge in [-0.2, -0.15) is 0 Å². The topological polar surface area (TPSA) is 46.5 Å². The van der Waals surface area contributed by atoms with Crippen LogP contribution in [0, 0.1) is 0 Å². The maximum atomic E-state index is 9.10. The summed E-state index contributed by atoms with van der Waals surface area (Å²) in [6.07, 6.45) is 0.421. The van der Waals surface area contributed by atoms with Crippen LogP contribution in [0.4, 0.5) is 4.79 Å². The van der Waals surface area contributed by atoms with Gasteiger partial charge < -0.3 is 8.93 Å². The Labute approximate surface area is 56.4 Å². The van der Waals surface area contributed by atoms with E-state index < -0.39 is 6.16 Å². The standard InChI is InChI=1S/C3H6.CHBrO3/c1-3-2;2-5-1(3)4/h3H,1H2,2H3;(H,3,4). The van der Waals surface area contributed by atoms with E-state index in [1.807, 2.05) is 6.92 Å². The molecule has 0 heterocycles. The van der Waals surface area contributed by atoms with Crippen molar-refractivity contribution >= 4 is 22.4 Å². The largest absolute Gasteiger partial charge is 0.517 e. The van der Waals surface area contributed by atoms with Gasteiger partial charge in [-0.05, 0) is 6.92 Å². The fourth-order valence-corrected chi connectivity index (χ4v) is 0. The van der Waals surface area contributed by atoms with Gasteiger partial charge in [0, 0.05) is 0 Å². The molecule has 3 nitrogen and oxygen atoms in total. The van der Waals surface area contributed by atoms with Gasteiger partial charge in [0.25, 0.3) is 0 Å². The first-order valence-corrected chi connectivity index (χ1v) is 2.42. The molecule has 0 aliphatic heterocycles. The predicted octanol–water partition coefficient (Wildman–Crippen LogP) is 2.18. The lowest BCUT2D eigenvalue weighted by Gasteiger charge is -1.74. The molecule has 0 aromatic heterocycles. The summed E-state index contributed by atoms with van der Waals surface area (Å²) >= 11 is 2.21. The van der Waals surface area contributed by atoms with Gasteiger partial charge in [0.15, 0.2) is 16.3 Å². The minimum absolute atomic E-state index is 1.33. The number of carbonyl (C=O) groups is 1. The first-order chi connectivity index (χ1) is 3.68. The van der Waals surface area contributed by atoms with Crippen LogP contribution in [-0.4, -0.2) is 11.3 Å². The molecule has 8 heavy (non-hydrogen) atoms. The Hall–Kier alpha value is -0.510. The van der Waals surface area contributed by atoms with Crippen molar-refractivity contribution in [1.82, 2.24) is 0 Å². The van der Waals surface area contributed by atoms with Gasteiger partial charge in [-0.3, -0.25) is 0 Å². The van der Waals surface area contributed by atoms with Crippen LogP contribution in [0.5, 0.6) is 0 Å². The number of rotatable bonds is 0. The highest BCUT2D eigenvalue weighted by Gasteiger charge is 1.84. The van der Waals surface area contributed by atoms with Crippen molar-refractivity contribution in [3.8, 4) is 0 Å². The molecule has 0 spiro atoms. The number of halogens is 1. The summed E-state index contributed by atoms with van der Waals surface area (Å²) in [5.74, 6) is 0. The third-order valence-corrected chi connectivity index (χ3v) is 0.343. The average Bonchev–Trinajstić information content (AvgIpc) is 1.69. The second-order valence-corrected chi connectivity index (χ2v) is 1.08. The summed E-state index contributed by atoms with van der Waals surface area (Å²) in [7, 11) is 0. The molecule has 0 aliphatic rings. The Bertz CT molecular complexity index is 71.7. The molecule has 0 saturated carbocycles. The van der Waals surface area contributed by atoms with Crippen LogP contribution in [0.2, 0.25) is 0 Å². The lowest BCUT2D eigenvalue weighted by atomic mass is 10.8. The van der Waals surface area contributed by atoms with E-state index in [0.29, 0.717) is 0 Å². The molecule has 0 aliphatic carbocycles. The van der Waals surface area contributed by atoms with Gasteiger partial charge in [-0.25, -0.2) is 4.79 Å². The zero-order valence-corrected chi connectivity index (χ0v) is 6.01. The maximum absolute atomic E-state index is 9.10. The number of hydrogen-bond acceptors (Lipinski definition) is 2. The predicted molar refractivity (Wildman–Crippen MR) is 33.9 cm³/mol. The van der Waals surface area contributed by atoms with E-state index in [4.69, 9.17) is 9.90 Å². The maximum Gasteiger partial charge on any atom is 0.517 e. The molecule has 48 valence electrons. The fourth-order valence-electron chi connectivity index (χ4n) is 0. The van der Waals surface area contributed by atoms with E-state index in [9.17, 15) is 0 Å². The van der Waals surface area contributed by atoms with Crippen molar-refractivity contribution in [3.63, 3.8) is 0 Å². The Morgan fingerprint density at radius 1 is 2.00 bits per heavy atom. The Balaban J connectivity index is 0. The van der Waals surface area contributed by atoms with Crippen molar-refractivity contribution in [2.75, 3.05) is 0 Å². The Morgan fingerprint density at radius 3 is 2.12 bits per heavy atom. The smallest absolute Gasteiger partial charge is 0.449 e. The van der Waals surface area contributed by atoms with Crippen LogP contribution in [0.25, 0.3) is 0 Å². The zero-order valence-electron chi connectivity index (χ0n) is 4.43. The first-order valence-electron chi connectivity index (χ1n) is 1.77. The molecule has 0 aromatic rings. The summed E-state index contributed by atoms with van der Waals surface area (Å²) in [4.78, 5) is 9.10. The van der Waals surface area contributed by atoms with E-state index in [2.05, 4.69) is 26.7 Å². The number of hydrogen-bond donors (Lipinski definition) is 1. The Kier molecular flexibility index (Phi) is 12.7. The van der Waals surface area contributed by atoms with Crippen LogP contribution in [0.15, 0.2) is 12.7 Å². The lowest BCUT2D eigenvalue weighted by molar-refractivity contribution is 0.156. The minimum atomic E-state index is -1.33. The van der Waals surface area contributed by atoms with Gasteiger partial charge in [0.2, 0.25) is 0 Å². The van der Waals surface area contributed by atoms with E-state index in [0.717, 1.165) is 0 Å². The molecule has 0 rings (SSSR count). The van der Waals surface area contributed by atoms with Gasteiger partial charge in [0.1, 0.15) is 0 Å². The lowest BCUT2D eigenvalue weighted by Crippen LogP contribution is -1.85. The Morgan fingerprint density at radius 2 is 2.12 bits per heavy atom. The fraction of sp³-hybridized carbons (Fsp3) is 0.250. The molecule has 4 heteroatoms. The average molecular weight is 183 g/mol. The van der Waals surface area contributed by atoms with Gasteiger partial charge in [-0.15, -0.1) is 6.58 Å². The molecule has 0 saturated heterocycles. The second kappa shape index (κ2) is 9.70.